The molecule has 0 aliphatic heterocycles. The van der Waals surface area contributed by atoms with E-state index in [1.54, 1.807) is 0 Å². The van der Waals surface area contributed by atoms with E-state index in [4.69, 9.17) is 4.74 Å². The van der Waals surface area contributed by atoms with Crippen LogP contribution in [0.1, 0.15) is 0 Å². The second-order valence-corrected chi connectivity index (χ2v) is 4.15. The van der Waals surface area contributed by atoms with Gasteiger partial charge in [-0.2, -0.15) is 17.6 Å². The zero-order valence-electron chi connectivity index (χ0n) is 11.2. The minimum Gasteiger partial charge on any atom is -0.439 e. The molecule has 10 heteroatoms. The molecule has 0 unspecified atom stereocenters. The highest BCUT2D eigenvalue weighted by Crippen LogP contribution is 2.29. The van der Waals surface area contributed by atoms with Crippen molar-refractivity contribution >= 4 is 5.69 Å². The van der Waals surface area contributed by atoms with Crippen LogP contribution >= 0.6 is 0 Å². The Hall–Kier alpha value is -2.91. The number of alkyl halides is 4. The molecular weight excluding hydrogens is 324 g/mol. The summed E-state index contributed by atoms with van der Waals surface area (Å²) < 4.78 is 58.5. The van der Waals surface area contributed by atoms with Crippen LogP contribution in [0.25, 0.3) is 0 Å². The number of benzene rings is 1. The summed E-state index contributed by atoms with van der Waals surface area (Å²) in [5.41, 5.74) is -0.227. The lowest BCUT2D eigenvalue weighted by molar-refractivity contribution is -0.385. The van der Waals surface area contributed by atoms with E-state index in [9.17, 15) is 27.7 Å². The molecule has 2 aromatic rings. The number of ether oxygens (including phenoxy) is 2. The minimum atomic E-state index is -4.59. The molecule has 1 aromatic carbocycles. The van der Waals surface area contributed by atoms with Gasteiger partial charge in [-0.15, -0.1) is 0 Å². The molecule has 0 amide bonds. The van der Waals surface area contributed by atoms with Gasteiger partial charge in [0.1, 0.15) is 17.7 Å². The van der Waals surface area contributed by atoms with Gasteiger partial charge >= 0.3 is 12.5 Å². The van der Waals surface area contributed by atoms with Crippen LogP contribution < -0.4 is 9.47 Å². The lowest BCUT2D eigenvalue weighted by atomic mass is 10.3. The predicted octanol–water partition coefficient (Wildman–Crippen LogP) is 4.02. The zero-order chi connectivity index (χ0) is 17.0. The third-order valence-electron chi connectivity index (χ3n) is 2.49. The molecule has 2 rings (SSSR count). The maximum absolute atomic E-state index is 12.7. The third-order valence-corrected chi connectivity index (χ3v) is 2.49. The summed E-state index contributed by atoms with van der Waals surface area (Å²) in [7, 11) is 0. The second-order valence-electron chi connectivity index (χ2n) is 4.15. The van der Waals surface area contributed by atoms with Gasteiger partial charge in [-0.25, -0.2) is 4.98 Å². The summed E-state index contributed by atoms with van der Waals surface area (Å²) in [4.78, 5) is 13.5. The van der Waals surface area contributed by atoms with Crippen LogP contribution in [-0.2, 0) is 0 Å². The molecule has 0 radical (unpaired) electrons. The van der Waals surface area contributed by atoms with E-state index in [0.717, 1.165) is 18.3 Å². The Kier molecular flexibility index (Phi) is 4.63. The van der Waals surface area contributed by atoms with E-state index in [0.29, 0.717) is 0 Å². The average molecular weight is 332 g/mol. The van der Waals surface area contributed by atoms with Crippen LogP contribution in [0.3, 0.4) is 0 Å². The SMILES string of the molecule is O=[N+]([O-])c1ccc(Oc2ccc(OC(F)(F)C(F)F)cc2)nc1. The second kappa shape index (κ2) is 6.46. The van der Waals surface area contributed by atoms with Crippen molar-refractivity contribution in [3.05, 3.63) is 52.7 Å². The molecule has 122 valence electrons. The van der Waals surface area contributed by atoms with Crippen LogP contribution in [-0.4, -0.2) is 22.4 Å². The Morgan fingerprint density at radius 1 is 1.09 bits per heavy atom. The van der Waals surface area contributed by atoms with Gasteiger partial charge in [0.15, 0.2) is 0 Å². The monoisotopic (exact) mass is 332 g/mol. The summed E-state index contributed by atoms with van der Waals surface area (Å²) in [6.45, 7) is 0. The quantitative estimate of drug-likeness (QED) is 0.454. The number of nitro groups is 1. The molecule has 0 spiro atoms. The zero-order valence-corrected chi connectivity index (χ0v) is 11.2. The van der Waals surface area contributed by atoms with Crippen molar-refractivity contribution in [2.24, 2.45) is 0 Å². The van der Waals surface area contributed by atoms with Gasteiger partial charge in [-0.05, 0) is 24.3 Å². The maximum atomic E-state index is 12.7. The van der Waals surface area contributed by atoms with Crippen LogP contribution in [0.15, 0.2) is 42.6 Å². The smallest absolute Gasteiger partial charge is 0.439 e. The van der Waals surface area contributed by atoms with Crippen molar-refractivity contribution in [3.63, 3.8) is 0 Å². The lowest BCUT2D eigenvalue weighted by Gasteiger charge is -2.16. The fourth-order valence-electron chi connectivity index (χ4n) is 1.44. The van der Waals surface area contributed by atoms with E-state index >= 15 is 0 Å². The molecule has 1 heterocycles. The van der Waals surface area contributed by atoms with E-state index in [-0.39, 0.29) is 17.3 Å². The van der Waals surface area contributed by atoms with Crippen molar-refractivity contribution < 1.29 is 32.0 Å². The fourth-order valence-corrected chi connectivity index (χ4v) is 1.44. The summed E-state index contributed by atoms with van der Waals surface area (Å²) in [5, 5.41) is 10.5. The Bertz CT molecular complexity index is 677. The first kappa shape index (κ1) is 16.5. The molecular formula is C13H8F4N2O4. The van der Waals surface area contributed by atoms with Crippen LogP contribution in [0.5, 0.6) is 17.4 Å². The number of hydrogen-bond donors (Lipinski definition) is 0. The molecule has 0 saturated heterocycles. The molecule has 0 N–H and O–H groups in total. The Morgan fingerprint density at radius 3 is 2.17 bits per heavy atom. The molecule has 6 nitrogen and oxygen atoms in total. The standard InChI is InChI=1S/C13H8F4N2O4/c14-12(15)13(16,17)23-10-4-2-9(3-5-10)22-11-6-1-8(7-18-11)19(20)21/h1-7,12H. The topological polar surface area (TPSA) is 74.5 Å². The molecule has 0 saturated carbocycles. The van der Waals surface area contributed by atoms with Crippen LogP contribution in [0, 0.1) is 10.1 Å². The highest BCUT2D eigenvalue weighted by molar-refractivity contribution is 5.35. The van der Waals surface area contributed by atoms with Crippen molar-refractivity contribution in [1.29, 1.82) is 0 Å². The fraction of sp³-hybridized carbons (Fsp3) is 0.154. The van der Waals surface area contributed by atoms with Crippen LogP contribution in [0.4, 0.5) is 23.2 Å². The van der Waals surface area contributed by atoms with Crippen molar-refractivity contribution in [2.75, 3.05) is 0 Å². The van der Waals surface area contributed by atoms with Gasteiger partial charge in [-0.3, -0.25) is 10.1 Å². The van der Waals surface area contributed by atoms with Gasteiger partial charge in [0.2, 0.25) is 5.88 Å². The van der Waals surface area contributed by atoms with Gasteiger partial charge in [-0.1, -0.05) is 0 Å². The van der Waals surface area contributed by atoms with E-state index < -0.39 is 23.2 Å². The third kappa shape index (κ3) is 4.28. The summed E-state index contributed by atoms with van der Waals surface area (Å²) in [6, 6.07) is 6.82. The highest BCUT2D eigenvalue weighted by atomic mass is 19.3. The molecule has 0 fully saturated rings. The summed E-state index contributed by atoms with van der Waals surface area (Å²) >= 11 is 0. The van der Waals surface area contributed by atoms with Crippen molar-refractivity contribution in [2.45, 2.75) is 12.5 Å². The van der Waals surface area contributed by atoms with Crippen molar-refractivity contribution in [1.82, 2.24) is 4.98 Å². The molecule has 0 bridgehead atoms. The molecule has 0 aliphatic carbocycles. The van der Waals surface area contributed by atoms with Gasteiger partial charge in [0.25, 0.3) is 5.69 Å². The molecule has 1 aromatic heterocycles. The van der Waals surface area contributed by atoms with Crippen LogP contribution in [0.2, 0.25) is 0 Å². The highest BCUT2D eigenvalue weighted by Gasteiger charge is 2.43. The first-order valence-electron chi connectivity index (χ1n) is 6.01. The number of pyridine rings is 1. The lowest BCUT2D eigenvalue weighted by Crippen LogP contribution is -2.33. The Balaban J connectivity index is 2.04. The van der Waals surface area contributed by atoms with Crippen molar-refractivity contribution in [3.8, 4) is 17.4 Å². The normalized spacial score (nSPS) is 11.3. The summed E-state index contributed by atoms with van der Waals surface area (Å²) in [5.74, 6) is -0.291. The number of aromatic nitrogens is 1. The van der Waals surface area contributed by atoms with Gasteiger partial charge < -0.3 is 9.47 Å². The number of rotatable bonds is 6. The first-order valence-corrected chi connectivity index (χ1v) is 6.01. The van der Waals surface area contributed by atoms with E-state index in [1.807, 2.05) is 0 Å². The Labute approximate surface area is 126 Å². The van der Waals surface area contributed by atoms with E-state index in [2.05, 4.69) is 9.72 Å². The first-order chi connectivity index (χ1) is 10.8. The number of halogens is 4. The largest absolute Gasteiger partial charge is 0.461 e. The average Bonchev–Trinajstić information content (AvgIpc) is 2.49. The Morgan fingerprint density at radius 2 is 1.70 bits per heavy atom. The van der Waals surface area contributed by atoms with Gasteiger partial charge in [0.05, 0.1) is 4.92 Å². The summed E-state index contributed by atoms with van der Waals surface area (Å²) in [6.07, 6.45) is -7.57. The predicted molar refractivity (Wildman–Crippen MR) is 69.0 cm³/mol. The number of nitrogens with zero attached hydrogens (tertiary/aromatic N) is 2. The molecule has 23 heavy (non-hydrogen) atoms. The molecule has 0 aliphatic rings. The van der Waals surface area contributed by atoms with Gasteiger partial charge in [0, 0.05) is 12.1 Å². The molecule has 0 atom stereocenters. The number of hydrogen-bond acceptors (Lipinski definition) is 5. The van der Waals surface area contributed by atoms with E-state index in [1.165, 1.54) is 24.3 Å². The maximum Gasteiger partial charge on any atom is 0.461 e. The minimum absolute atomic E-state index is 0.0298.